The summed E-state index contributed by atoms with van der Waals surface area (Å²) in [5.41, 5.74) is 1.18. The number of aromatic nitrogens is 1. The molecule has 1 aromatic rings. The molecule has 0 spiro atoms. The van der Waals surface area contributed by atoms with Crippen LogP contribution in [0.25, 0.3) is 0 Å². The lowest BCUT2D eigenvalue weighted by Gasteiger charge is -2.27. The van der Waals surface area contributed by atoms with Gasteiger partial charge in [0.25, 0.3) is 0 Å². The van der Waals surface area contributed by atoms with E-state index in [0.717, 1.165) is 49.5 Å². The van der Waals surface area contributed by atoms with Gasteiger partial charge in [0.15, 0.2) is 5.96 Å². The van der Waals surface area contributed by atoms with Gasteiger partial charge in [-0.2, -0.15) is 0 Å². The zero-order chi connectivity index (χ0) is 17.5. The summed E-state index contributed by atoms with van der Waals surface area (Å²) in [6.07, 6.45) is 5.48. The fraction of sp³-hybridized carbons (Fsp3) is 0.647. The molecule has 0 saturated carbocycles. The van der Waals surface area contributed by atoms with E-state index in [1.54, 1.807) is 0 Å². The zero-order valence-electron chi connectivity index (χ0n) is 15.3. The highest BCUT2D eigenvalue weighted by Crippen LogP contribution is 2.15. The number of rotatable bonds is 5. The number of nitrogens with zero attached hydrogens (tertiary/aromatic N) is 4. The Morgan fingerprint density at radius 3 is 2.60 bits per heavy atom. The van der Waals surface area contributed by atoms with Gasteiger partial charge < -0.3 is 19.7 Å². The average Bonchev–Trinajstić information content (AvgIpc) is 2.89. The molecule has 1 aromatic heterocycles. The number of halogens is 2. The van der Waals surface area contributed by atoms with Crippen molar-refractivity contribution < 1.29 is 4.79 Å². The molecule has 142 valence electrons. The van der Waals surface area contributed by atoms with Crippen molar-refractivity contribution in [3.63, 3.8) is 0 Å². The predicted molar refractivity (Wildman–Crippen MR) is 116 cm³/mol. The molecule has 1 aliphatic rings. The molecular formula is C17H29BrIN5O. The Balaban J connectivity index is 0.00000312. The van der Waals surface area contributed by atoms with Gasteiger partial charge >= 0.3 is 0 Å². The lowest BCUT2D eigenvalue weighted by molar-refractivity contribution is -0.130. The second-order valence-electron chi connectivity index (χ2n) is 6.23. The standard InChI is InChI=1S/C17H28BrN5O.HI/c1-4-19-17(20-11-16(24)23-8-6-5-7-9-23)22(3)13-15-10-14(18)12-21(15)2;/h10,12H,4-9,11,13H2,1-3H3,(H,19,20);1H. The van der Waals surface area contributed by atoms with E-state index in [4.69, 9.17) is 0 Å². The first-order valence-corrected chi connectivity index (χ1v) is 9.38. The molecule has 2 heterocycles. The summed E-state index contributed by atoms with van der Waals surface area (Å²) in [7, 11) is 4.02. The van der Waals surface area contributed by atoms with Crippen LogP contribution in [0.4, 0.5) is 0 Å². The summed E-state index contributed by atoms with van der Waals surface area (Å²) in [6.45, 7) is 5.50. The fourth-order valence-electron chi connectivity index (χ4n) is 2.90. The van der Waals surface area contributed by atoms with Crippen LogP contribution in [0.5, 0.6) is 0 Å². The van der Waals surface area contributed by atoms with Gasteiger partial charge in [-0.05, 0) is 48.2 Å². The summed E-state index contributed by atoms with van der Waals surface area (Å²) in [5.74, 6) is 0.889. The number of amides is 1. The summed E-state index contributed by atoms with van der Waals surface area (Å²) in [4.78, 5) is 20.8. The number of likely N-dealkylation sites (tertiary alicyclic amines) is 1. The molecule has 1 saturated heterocycles. The number of carbonyl (C=O) groups excluding carboxylic acids is 1. The minimum atomic E-state index is 0. The maximum Gasteiger partial charge on any atom is 0.244 e. The fourth-order valence-corrected chi connectivity index (χ4v) is 3.47. The lowest BCUT2D eigenvalue weighted by Crippen LogP contribution is -2.41. The molecule has 8 heteroatoms. The Hall–Kier alpha value is -0.770. The van der Waals surface area contributed by atoms with Gasteiger partial charge in [-0.25, -0.2) is 4.99 Å². The first kappa shape index (κ1) is 22.3. The van der Waals surface area contributed by atoms with Crippen molar-refractivity contribution in [1.29, 1.82) is 0 Å². The normalized spacial score (nSPS) is 14.9. The first-order chi connectivity index (χ1) is 11.5. The maximum atomic E-state index is 12.3. The molecule has 0 aromatic carbocycles. The molecule has 1 fully saturated rings. The maximum absolute atomic E-state index is 12.3. The van der Waals surface area contributed by atoms with Gasteiger partial charge in [0.1, 0.15) is 6.54 Å². The second kappa shape index (κ2) is 11.1. The SMILES string of the molecule is CCNC(=NCC(=O)N1CCCCC1)N(C)Cc1cc(Br)cn1C.I. The lowest BCUT2D eigenvalue weighted by atomic mass is 10.1. The number of hydrogen-bond donors (Lipinski definition) is 1. The summed E-state index contributed by atoms with van der Waals surface area (Å²) < 4.78 is 3.15. The average molecular weight is 526 g/mol. The van der Waals surface area contributed by atoms with E-state index in [0.29, 0.717) is 0 Å². The van der Waals surface area contributed by atoms with Crippen molar-refractivity contribution in [1.82, 2.24) is 19.7 Å². The Labute approximate surface area is 176 Å². The van der Waals surface area contributed by atoms with Crippen LogP contribution in [0.15, 0.2) is 21.7 Å². The Morgan fingerprint density at radius 1 is 1.36 bits per heavy atom. The third kappa shape index (κ3) is 6.80. The van der Waals surface area contributed by atoms with Gasteiger partial charge in [0.05, 0.1) is 6.54 Å². The van der Waals surface area contributed by atoms with Gasteiger partial charge in [-0.15, -0.1) is 24.0 Å². The molecule has 1 N–H and O–H groups in total. The highest BCUT2D eigenvalue weighted by atomic mass is 127. The van der Waals surface area contributed by atoms with Crippen LogP contribution in [0.1, 0.15) is 31.9 Å². The number of aryl methyl sites for hydroxylation is 1. The third-order valence-corrected chi connectivity index (χ3v) is 4.68. The Bertz CT molecular complexity index is 584. The first-order valence-electron chi connectivity index (χ1n) is 8.59. The van der Waals surface area contributed by atoms with Gasteiger partial charge in [-0.1, -0.05) is 0 Å². The number of nitrogens with one attached hydrogen (secondary N) is 1. The number of hydrogen-bond acceptors (Lipinski definition) is 2. The van der Waals surface area contributed by atoms with Crippen molar-refractivity contribution in [2.24, 2.45) is 12.0 Å². The summed E-state index contributed by atoms with van der Waals surface area (Å²) in [6, 6.07) is 2.10. The topological polar surface area (TPSA) is 52.9 Å². The summed E-state index contributed by atoms with van der Waals surface area (Å²) in [5, 5.41) is 3.27. The Kier molecular flexibility index (Phi) is 9.84. The quantitative estimate of drug-likeness (QED) is 0.365. The van der Waals surface area contributed by atoms with Crippen LogP contribution in [-0.4, -0.2) is 59.5 Å². The van der Waals surface area contributed by atoms with Crippen LogP contribution in [0.2, 0.25) is 0 Å². The molecular weight excluding hydrogens is 497 g/mol. The van der Waals surface area contributed by atoms with Gasteiger partial charge in [-0.3, -0.25) is 4.79 Å². The van der Waals surface area contributed by atoms with Crippen molar-refractivity contribution in [2.75, 3.05) is 33.2 Å². The Morgan fingerprint density at radius 2 is 2.04 bits per heavy atom. The van der Waals surface area contributed by atoms with Crippen LogP contribution in [0, 0.1) is 0 Å². The third-order valence-electron chi connectivity index (χ3n) is 4.24. The highest BCUT2D eigenvalue weighted by molar-refractivity contribution is 14.0. The largest absolute Gasteiger partial charge is 0.357 e. The van der Waals surface area contributed by atoms with E-state index in [1.165, 1.54) is 12.1 Å². The molecule has 1 amide bonds. The number of carbonyl (C=O) groups is 1. The molecule has 0 atom stereocenters. The van der Waals surface area contributed by atoms with Crippen LogP contribution in [0.3, 0.4) is 0 Å². The van der Waals surface area contributed by atoms with E-state index >= 15 is 0 Å². The molecule has 25 heavy (non-hydrogen) atoms. The predicted octanol–water partition coefficient (Wildman–Crippen LogP) is 2.82. The van der Waals surface area contributed by atoms with Gasteiger partial charge in [0.2, 0.25) is 5.91 Å². The molecule has 0 aliphatic carbocycles. The number of aliphatic imine (C=N–C) groups is 1. The van der Waals surface area contributed by atoms with Crippen molar-refractivity contribution >= 4 is 51.8 Å². The minimum absolute atomic E-state index is 0. The van der Waals surface area contributed by atoms with Crippen LogP contribution in [-0.2, 0) is 18.4 Å². The zero-order valence-corrected chi connectivity index (χ0v) is 19.2. The summed E-state index contributed by atoms with van der Waals surface area (Å²) >= 11 is 3.50. The van der Waals surface area contributed by atoms with E-state index in [9.17, 15) is 4.79 Å². The molecule has 6 nitrogen and oxygen atoms in total. The molecule has 1 aliphatic heterocycles. The van der Waals surface area contributed by atoms with E-state index < -0.39 is 0 Å². The van der Waals surface area contributed by atoms with Crippen LogP contribution >= 0.6 is 39.9 Å². The number of guanidine groups is 1. The van der Waals surface area contributed by atoms with Crippen molar-refractivity contribution in [3.05, 3.63) is 22.4 Å². The number of piperidine rings is 1. The van der Waals surface area contributed by atoms with E-state index in [1.807, 2.05) is 32.1 Å². The van der Waals surface area contributed by atoms with Gasteiger partial charge in [0, 0.05) is 50.1 Å². The molecule has 0 bridgehead atoms. The van der Waals surface area contributed by atoms with Crippen molar-refractivity contribution in [2.45, 2.75) is 32.7 Å². The second-order valence-corrected chi connectivity index (χ2v) is 7.14. The molecule has 0 unspecified atom stereocenters. The van der Waals surface area contributed by atoms with Crippen LogP contribution < -0.4 is 5.32 Å². The smallest absolute Gasteiger partial charge is 0.244 e. The molecule has 2 rings (SSSR count). The monoisotopic (exact) mass is 525 g/mol. The van der Waals surface area contributed by atoms with E-state index in [2.05, 4.69) is 41.8 Å². The minimum Gasteiger partial charge on any atom is -0.357 e. The molecule has 0 radical (unpaired) electrons. The van der Waals surface area contributed by atoms with E-state index in [-0.39, 0.29) is 36.4 Å². The highest BCUT2D eigenvalue weighted by Gasteiger charge is 2.17. The van der Waals surface area contributed by atoms with Crippen molar-refractivity contribution in [3.8, 4) is 0 Å².